The number of nitrogens with one attached hydrogen (secondary N) is 2. The molecule has 0 saturated heterocycles. The first-order valence-electron chi connectivity index (χ1n) is 6.53. The molecule has 2 heterocycles. The van der Waals surface area contributed by atoms with Crippen molar-refractivity contribution in [1.29, 1.82) is 0 Å². The summed E-state index contributed by atoms with van der Waals surface area (Å²) in [5, 5.41) is 14.2. The van der Waals surface area contributed by atoms with Gasteiger partial charge in [0.1, 0.15) is 0 Å². The number of urea groups is 1. The van der Waals surface area contributed by atoms with Gasteiger partial charge in [-0.25, -0.2) is 4.79 Å². The number of carbonyl (C=O) groups excluding carboxylic acids is 1. The largest absolute Gasteiger partial charge is 0.323 e. The van der Waals surface area contributed by atoms with Gasteiger partial charge in [0.15, 0.2) is 0 Å². The molecule has 2 amide bonds. The van der Waals surface area contributed by atoms with Crippen LogP contribution in [0.5, 0.6) is 0 Å². The van der Waals surface area contributed by atoms with E-state index in [1.807, 2.05) is 34.9 Å². The van der Waals surface area contributed by atoms with Gasteiger partial charge in [0.2, 0.25) is 0 Å². The van der Waals surface area contributed by atoms with Crippen molar-refractivity contribution in [3.05, 3.63) is 23.3 Å². The summed E-state index contributed by atoms with van der Waals surface area (Å²) in [7, 11) is 3.68. The molecule has 7 nitrogen and oxygen atoms in total. The summed E-state index contributed by atoms with van der Waals surface area (Å²) in [5.74, 6) is 0. The van der Waals surface area contributed by atoms with E-state index >= 15 is 0 Å². The molecule has 0 bridgehead atoms. The van der Waals surface area contributed by atoms with E-state index in [2.05, 4.69) is 20.8 Å². The zero-order chi connectivity index (χ0) is 14.9. The Morgan fingerprint density at radius 2 is 1.95 bits per heavy atom. The van der Waals surface area contributed by atoms with Gasteiger partial charge >= 0.3 is 6.03 Å². The van der Waals surface area contributed by atoms with Gasteiger partial charge in [-0.05, 0) is 20.3 Å². The maximum atomic E-state index is 12.1. The second-order valence-electron chi connectivity index (χ2n) is 4.77. The monoisotopic (exact) mass is 276 g/mol. The van der Waals surface area contributed by atoms with Crippen molar-refractivity contribution in [2.24, 2.45) is 14.1 Å². The van der Waals surface area contributed by atoms with Gasteiger partial charge in [-0.2, -0.15) is 10.2 Å². The lowest BCUT2D eigenvalue weighted by Gasteiger charge is -2.07. The third kappa shape index (κ3) is 2.66. The molecule has 0 radical (unpaired) electrons. The maximum absolute atomic E-state index is 12.1. The molecule has 0 aliphatic carbocycles. The highest BCUT2D eigenvalue weighted by molar-refractivity contribution is 6.00. The zero-order valence-corrected chi connectivity index (χ0v) is 12.5. The molecule has 0 aliphatic heterocycles. The van der Waals surface area contributed by atoms with Gasteiger partial charge < -0.3 is 10.6 Å². The summed E-state index contributed by atoms with van der Waals surface area (Å²) >= 11 is 0. The van der Waals surface area contributed by atoms with E-state index < -0.39 is 0 Å². The number of aryl methyl sites for hydroxylation is 4. The SMILES string of the molecule is CCc1nn(C)cc1NC(=O)Nc1c(C)nn(C)c1C. The van der Waals surface area contributed by atoms with Crippen molar-refractivity contribution in [3.63, 3.8) is 0 Å². The van der Waals surface area contributed by atoms with Crippen LogP contribution in [0.2, 0.25) is 0 Å². The van der Waals surface area contributed by atoms with E-state index in [1.54, 1.807) is 15.6 Å². The van der Waals surface area contributed by atoms with Crippen LogP contribution in [-0.2, 0) is 20.5 Å². The van der Waals surface area contributed by atoms with Crippen LogP contribution >= 0.6 is 0 Å². The van der Waals surface area contributed by atoms with Gasteiger partial charge in [-0.1, -0.05) is 6.92 Å². The predicted octanol–water partition coefficient (Wildman–Crippen LogP) is 1.98. The Kier molecular flexibility index (Phi) is 3.78. The Labute approximate surface area is 118 Å². The molecule has 0 aliphatic rings. The van der Waals surface area contributed by atoms with Gasteiger partial charge in [-0.15, -0.1) is 0 Å². The molecule has 0 saturated carbocycles. The molecule has 108 valence electrons. The van der Waals surface area contributed by atoms with Crippen molar-refractivity contribution in [3.8, 4) is 0 Å². The first-order valence-corrected chi connectivity index (χ1v) is 6.53. The molecule has 2 aromatic heterocycles. The fraction of sp³-hybridized carbons (Fsp3) is 0.462. The van der Waals surface area contributed by atoms with Crippen molar-refractivity contribution >= 4 is 17.4 Å². The van der Waals surface area contributed by atoms with Crippen LogP contribution in [0.15, 0.2) is 6.20 Å². The Balaban J connectivity index is 2.13. The molecule has 2 aromatic rings. The van der Waals surface area contributed by atoms with E-state index in [0.29, 0.717) is 0 Å². The third-order valence-corrected chi connectivity index (χ3v) is 3.24. The first kappa shape index (κ1) is 14.1. The summed E-state index contributed by atoms with van der Waals surface area (Å²) < 4.78 is 3.43. The maximum Gasteiger partial charge on any atom is 0.323 e. The van der Waals surface area contributed by atoms with Crippen LogP contribution in [0.3, 0.4) is 0 Å². The average molecular weight is 276 g/mol. The summed E-state index contributed by atoms with van der Waals surface area (Å²) in [5.41, 5.74) is 4.04. The van der Waals surface area contributed by atoms with E-state index in [1.165, 1.54) is 0 Å². The number of nitrogens with zero attached hydrogens (tertiary/aromatic N) is 4. The minimum absolute atomic E-state index is 0.285. The van der Waals surface area contributed by atoms with E-state index in [9.17, 15) is 4.79 Å². The van der Waals surface area contributed by atoms with Gasteiger partial charge in [0, 0.05) is 20.3 Å². The highest BCUT2D eigenvalue weighted by atomic mass is 16.2. The molecule has 0 unspecified atom stereocenters. The molecular weight excluding hydrogens is 256 g/mol. The smallest absolute Gasteiger partial charge is 0.305 e. The number of hydrogen-bond donors (Lipinski definition) is 2. The van der Waals surface area contributed by atoms with Crippen LogP contribution in [0, 0.1) is 13.8 Å². The van der Waals surface area contributed by atoms with Gasteiger partial charge in [-0.3, -0.25) is 9.36 Å². The Hall–Kier alpha value is -2.31. The molecular formula is C13H20N6O. The Bertz CT molecular complexity index is 640. The number of carbonyl (C=O) groups is 1. The van der Waals surface area contributed by atoms with Gasteiger partial charge in [0.05, 0.1) is 28.5 Å². The fourth-order valence-electron chi connectivity index (χ4n) is 2.12. The summed E-state index contributed by atoms with van der Waals surface area (Å²) in [6, 6.07) is -0.285. The van der Waals surface area contributed by atoms with Crippen LogP contribution < -0.4 is 10.6 Å². The fourth-order valence-corrected chi connectivity index (χ4v) is 2.12. The number of aromatic nitrogens is 4. The lowest BCUT2D eigenvalue weighted by molar-refractivity contribution is 0.262. The molecule has 20 heavy (non-hydrogen) atoms. The van der Waals surface area contributed by atoms with Crippen molar-refractivity contribution in [2.45, 2.75) is 27.2 Å². The summed E-state index contributed by atoms with van der Waals surface area (Å²) in [6.45, 7) is 5.78. The molecule has 0 spiro atoms. The first-order chi connectivity index (χ1) is 9.42. The third-order valence-electron chi connectivity index (χ3n) is 3.24. The normalized spacial score (nSPS) is 10.7. The number of amides is 2. The highest BCUT2D eigenvalue weighted by Crippen LogP contribution is 2.19. The van der Waals surface area contributed by atoms with Crippen molar-refractivity contribution in [2.75, 3.05) is 10.6 Å². The van der Waals surface area contributed by atoms with Crippen molar-refractivity contribution in [1.82, 2.24) is 19.6 Å². The average Bonchev–Trinajstić information content (AvgIpc) is 2.84. The topological polar surface area (TPSA) is 76.8 Å². The van der Waals surface area contributed by atoms with Gasteiger partial charge in [0.25, 0.3) is 0 Å². The second-order valence-corrected chi connectivity index (χ2v) is 4.77. The minimum Gasteiger partial charge on any atom is -0.305 e. The number of rotatable bonds is 3. The highest BCUT2D eigenvalue weighted by Gasteiger charge is 2.14. The lowest BCUT2D eigenvalue weighted by Crippen LogP contribution is -2.20. The van der Waals surface area contributed by atoms with E-state index in [-0.39, 0.29) is 6.03 Å². The van der Waals surface area contributed by atoms with Crippen LogP contribution in [0.4, 0.5) is 16.2 Å². The van der Waals surface area contributed by atoms with Crippen LogP contribution in [0.1, 0.15) is 24.0 Å². The Morgan fingerprint density at radius 1 is 1.25 bits per heavy atom. The standard InChI is InChI=1S/C13H20N6O/c1-6-10-11(7-18(4)17-10)14-13(20)15-12-8(2)16-19(5)9(12)3/h7H,6H2,1-5H3,(H2,14,15,20). The van der Waals surface area contributed by atoms with Crippen LogP contribution in [-0.4, -0.2) is 25.6 Å². The number of hydrogen-bond acceptors (Lipinski definition) is 3. The number of anilines is 2. The zero-order valence-electron chi connectivity index (χ0n) is 12.5. The quantitative estimate of drug-likeness (QED) is 0.900. The lowest BCUT2D eigenvalue weighted by atomic mass is 10.3. The van der Waals surface area contributed by atoms with E-state index in [0.717, 1.165) is 34.9 Å². The molecule has 0 atom stereocenters. The summed E-state index contributed by atoms with van der Waals surface area (Å²) in [6.07, 6.45) is 2.56. The molecule has 7 heteroatoms. The second kappa shape index (κ2) is 5.36. The minimum atomic E-state index is -0.285. The molecule has 0 fully saturated rings. The summed E-state index contributed by atoms with van der Waals surface area (Å²) in [4.78, 5) is 12.1. The van der Waals surface area contributed by atoms with Crippen molar-refractivity contribution < 1.29 is 4.79 Å². The molecule has 2 rings (SSSR count). The molecule has 0 aromatic carbocycles. The van der Waals surface area contributed by atoms with Crippen LogP contribution in [0.25, 0.3) is 0 Å². The predicted molar refractivity (Wildman–Crippen MR) is 77.9 cm³/mol. The Morgan fingerprint density at radius 3 is 2.50 bits per heavy atom. The molecule has 2 N–H and O–H groups in total. The van der Waals surface area contributed by atoms with E-state index in [4.69, 9.17) is 0 Å².